The largest absolute Gasteiger partial charge is 0.487 e. The Hall–Kier alpha value is -2.59. The maximum Gasteiger partial charge on any atom is 0.131 e. The normalized spacial score (nSPS) is 10.3. The smallest absolute Gasteiger partial charge is 0.131 e. The quantitative estimate of drug-likeness (QED) is 0.686. The zero-order valence-electron chi connectivity index (χ0n) is 12.4. The van der Waals surface area contributed by atoms with Crippen LogP contribution in [0.1, 0.15) is 11.3 Å². The number of benzene rings is 1. The highest BCUT2D eigenvalue weighted by atomic mass is 35.5. The SMILES string of the molecule is Clc1cc(NCc2ccc(OCc3ccccn3)cc2)ccn1. The molecule has 2 heterocycles. The molecule has 0 fully saturated rings. The van der Waals surface area contributed by atoms with E-state index in [-0.39, 0.29) is 0 Å². The van der Waals surface area contributed by atoms with Gasteiger partial charge in [0, 0.05) is 24.6 Å². The van der Waals surface area contributed by atoms with Crippen molar-refractivity contribution in [2.24, 2.45) is 0 Å². The van der Waals surface area contributed by atoms with Crippen LogP contribution in [-0.4, -0.2) is 9.97 Å². The highest BCUT2D eigenvalue weighted by Crippen LogP contribution is 2.16. The summed E-state index contributed by atoms with van der Waals surface area (Å²) < 4.78 is 5.72. The molecular weight excluding hydrogens is 310 g/mol. The van der Waals surface area contributed by atoms with Crippen molar-refractivity contribution in [3.8, 4) is 5.75 Å². The standard InChI is InChI=1S/C18H16ClN3O/c19-18-11-15(8-10-21-18)22-12-14-4-6-17(7-5-14)23-13-16-3-1-2-9-20-16/h1-11H,12-13H2,(H,21,22). The Bertz CT molecular complexity index is 748. The fourth-order valence-corrected chi connectivity index (χ4v) is 2.23. The molecule has 0 amide bonds. The predicted molar refractivity (Wildman–Crippen MR) is 91.6 cm³/mol. The minimum absolute atomic E-state index is 0.466. The van der Waals surface area contributed by atoms with E-state index in [2.05, 4.69) is 15.3 Å². The van der Waals surface area contributed by atoms with E-state index in [0.29, 0.717) is 18.3 Å². The summed E-state index contributed by atoms with van der Waals surface area (Å²) in [5.41, 5.74) is 3.01. The number of pyridine rings is 2. The van der Waals surface area contributed by atoms with Gasteiger partial charge in [-0.2, -0.15) is 0 Å². The summed E-state index contributed by atoms with van der Waals surface area (Å²) in [4.78, 5) is 8.19. The van der Waals surface area contributed by atoms with Crippen LogP contribution in [0, 0.1) is 0 Å². The molecule has 0 aliphatic carbocycles. The van der Waals surface area contributed by atoms with E-state index >= 15 is 0 Å². The average molecular weight is 326 g/mol. The third-order valence-corrected chi connectivity index (χ3v) is 3.47. The Morgan fingerprint density at radius 2 is 1.83 bits per heavy atom. The van der Waals surface area contributed by atoms with E-state index in [1.54, 1.807) is 18.5 Å². The topological polar surface area (TPSA) is 47.0 Å². The number of ether oxygens (including phenoxy) is 1. The van der Waals surface area contributed by atoms with E-state index in [4.69, 9.17) is 16.3 Å². The number of hydrogen-bond acceptors (Lipinski definition) is 4. The first kappa shape index (κ1) is 15.3. The number of nitrogens with one attached hydrogen (secondary N) is 1. The molecule has 0 saturated heterocycles. The van der Waals surface area contributed by atoms with Crippen LogP contribution in [-0.2, 0) is 13.2 Å². The first-order valence-corrected chi connectivity index (χ1v) is 7.64. The Morgan fingerprint density at radius 1 is 0.957 bits per heavy atom. The molecule has 0 aliphatic rings. The van der Waals surface area contributed by atoms with Crippen LogP contribution in [0.3, 0.4) is 0 Å². The van der Waals surface area contributed by atoms with Crippen molar-refractivity contribution in [1.29, 1.82) is 0 Å². The van der Waals surface area contributed by atoms with Gasteiger partial charge in [0.2, 0.25) is 0 Å². The second-order valence-corrected chi connectivity index (χ2v) is 5.36. The second kappa shape index (κ2) is 7.61. The molecule has 0 aliphatic heterocycles. The summed E-state index contributed by atoms with van der Waals surface area (Å²) in [5, 5.41) is 3.78. The fourth-order valence-electron chi connectivity index (χ4n) is 2.06. The molecule has 2 aromatic heterocycles. The summed E-state index contributed by atoms with van der Waals surface area (Å²) in [6.07, 6.45) is 3.44. The van der Waals surface area contributed by atoms with Crippen molar-refractivity contribution in [3.63, 3.8) is 0 Å². The molecule has 0 bridgehead atoms. The van der Waals surface area contributed by atoms with Crippen molar-refractivity contribution in [2.45, 2.75) is 13.2 Å². The summed E-state index contributed by atoms with van der Waals surface area (Å²) in [7, 11) is 0. The zero-order chi connectivity index (χ0) is 15.9. The van der Waals surface area contributed by atoms with Crippen LogP contribution < -0.4 is 10.1 Å². The van der Waals surface area contributed by atoms with E-state index < -0.39 is 0 Å². The molecule has 0 saturated carbocycles. The highest BCUT2D eigenvalue weighted by molar-refractivity contribution is 6.29. The van der Waals surface area contributed by atoms with Gasteiger partial charge in [-0.3, -0.25) is 4.98 Å². The lowest BCUT2D eigenvalue weighted by atomic mass is 10.2. The van der Waals surface area contributed by atoms with E-state index in [1.165, 1.54) is 0 Å². The van der Waals surface area contributed by atoms with Crippen LogP contribution in [0.25, 0.3) is 0 Å². The Kier molecular flexibility index (Phi) is 5.06. The van der Waals surface area contributed by atoms with Crippen LogP contribution in [0.4, 0.5) is 5.69 Å². The first-order valence-electron chi connectivity index (χ1n) is 7.27. The van der Waals surface area contributed by atoms with Gasteiger partial charge >= 0.3 is 0 Å². The predicted octanol–water partition coefficient (Wildman–Crippen LogP) is 4.32. The number of hydrogen-bond donors (Lipinski definition) is 1. The van der Waals surface area contributed by atoms with Gasteiger partial charge in [0.1, 0.15) is 17.5 Å². The molecule has 0 unspecified atom stereocenters. The Labute approximate surface area is 140 Å². The molecule has 23 heavy (non-hydrogen) atoms. The van der Waals surface area contributed by atoms with Gasteiger partial charge in [-0.15, -0.1) is 0 Å². The van der Waals surface area contributed by atoms with E-state index in [0.717, 1.165) is 22.7 Å². The van der Waals surface area contributed by atoms with Gasteiger partial charge in [0.25, 0.3) is 0 Å². The maximum absolute atomic E-state index is 5.86. The van der Waals surface area contributed by atoms with Crippen LogP contribution in [0.5, 0.6) is 5.75 Å². The molecule has 1 aromatic carbocycles. The fraction of sp³-hybridized carbons (Fsp3) is 0.111. The summed E-state index contributed by atoms with van der Waals surface area (Å²) in [5.74, 6) is 0.825. The van der Waals surface area contributed by atoms with Gasteiger partial charge in [-0.1, -0.05) is 29.8 Å². The molecule has 3 rings (SSSR count). The zero-order valence-corrected chi connectivity index (χ0v) is 13.2. The van der Waals surface area contributed by atoms with Gasteiger partial charge in [0.05, 0.1) is 5.69 Å². The van der Waals surface area contributed by atoms with E-state index in [9.17, 15) is 0 Å². The van der Waals surface area contributed by atoms with Gasteiger partial charge in [-0.25, -0.2) is 4.98 Å². The molecule has 0 atom stereocenters. The van der Waals surface area contributed by atoms with Crippen molar-refractivity contribution < 1.29 is 4.74 Å². The van der Waals surface area contributed by atoms with Crippen molar-refractivity contribution in [3.05, 3.63) is 83.4 Å². The Morgan fingerprint density at radius 3 is 2.57 bits per heavy atom. The number of anilines is 1. The molecule has 5 heteroatoms. The van der Waals surface area contributed by atoms with Gasteiger partial charge < -0.3 is 10.1 Å². The third-order valence-electron chi connectivity index (χ3n) is 3.26. The highest BCUT2D eigenvalue weighted by Gasteiger charge is 1.99. The Balaban J connectivity index is 1.52. The number of rotatable bonds is 6. The first-order chi connectivity index (χ1) is 11.3. The minimum Gasteiger partial charge on any atom is -0.487 e. The van der Waals surface area contributed by atoms with Gasteiger partial charge in [0.15, 0.2) is 0 Å². The number of halogens is 1. The summed E-state index contributed by atoms with van der Waals surface area (Å²) in [6, 6.07) is 17.4. The number of aromatic nitrogens is 2. The average Bonchev–Trinajstić information content (AvgIpc) is 2.60. The second-order valence-electron chi connectivity index (χ2n) is 4.97. The lowest BCUT2D eigenvalue weighted by Gasteiger charge is -2.09. The molecule has 0 spiro atoms. The van der Waals surface area contributed by atoms with Crippen molar-refractivity contribution >= 4 is 17.3 Å². The van der Waals surface area contributed by atoms with Crippen LogP contribution >= 0.6 is 11.6 Å². The van der Waals surface area contributed by atoms with Gasteiger partial charge in [-0.05, 0) is 42.0 Å². The molecule has 116 valence electrons. The summed E-state index contributed by atoms with van der Waals surface area (Å²) >= 11 is 5.86. The minimum atomic E-state index is 0.466. The number of nitrogens with zero attached hydrogens (tertiary/aromatic N) is 2. The lowest BCUT2D eigenvalue weighted by Crippen LogP contribution is -2.00. The van der Waals surface area contributed by atoms with Crippen molar-refractivity contribution in [2.75, 3.05) is 5.32 Å². The molecule has 0 radical (unpaired) electrons. The van der Waals surface area contributed by atoms with Crippen molar-refractivity contribution in [1.82, 2.24) is 9.97 Å². The molecule has 1 N–H and O–H groups in total. The van der Waals surface area contributed by atoms with Crippen LogP contribution in [0.2, 0.25) is 5.15 Å². The molecule has 3 aromatic rings. The molecular formula is C18H16ClN3O. The molecule has 4 nitrogen and oxygen atoms in total. The monoisotopic (exact) mass is 325 g/mol. The third kappa shape index (κ3) is 4.69. The summed E-state index contributed by atoms with van der Waals surface area (Å²) in [6.45, 7) is 1.18. The maximum atomic E-state index is 5.86. The van der Waals surface area contributed by atoms with E-state index in [1.807, 2.05) is 48.5 Å². The van der Waals surface area contributed by atoms with Crippen LogP contribution in [0.15, 0.2) is 67.0 Å². The lowest BCUT2D eigenvalue weighted by molar-refractivity contribution is 0.301.